The first-order valence-corrected chi connectivity index (χ1v) is 7.74. The van der Waals surface area contributed by atoms with Crippen molar-refractivity contribution in [1.82, 2.24) is 5.32 Å². The minimum absolute atomic E-state index is 0.822. The van der Waals surface area contributed by atoms with Gasteiger partial charge in [-0.1, -0.05) is 55.9 Å². The number of rotatable bonds is 7. The third kappa shape index (κ3) is 5.67. The van der Waals surface area contributed by atoms with Gasteiger partial charge in [0, 0.05) is 21.4 Å². The van der Waals surface area contributed by atoms with Gasteiger partial charge < -0.3 is 5.32 Å². The molecule has 0 fully saturated rings. The zero-order valence-electron chi connectivity index (χ0n) is 9.11. The van der Waals surface area contributed by atoms with Gasteiger partial charge in [0.2, 0.25) is 0 Å². The summed E-state index contributed by atoms with van der Waals surface area (Å²) in [4.78, 5) is 0. The third-order valence-corrected chi connectivity index (χ3v) is 3.72. The first-order chi connectivity index (χ1) is 7.74. The van der Waals surface area contributed by atoms with E-state index in [1.165, 1.54) is 19.3 Å². The summed E-state index contributed by atoms with van der Waals surface area (Å²) < 4.78 is 1.03. The average molecular weight is 370 g/mol. The molecular formula is C12H16Br2ClN. The second-order valence-corrected chi connectivity index (χ2v) is 5.78. The van der Waals surface area contributed by atoms with E-state index in [4.69, 9.17) is 11.6 Å². The maximum absolute atomic E-state index is 6.12. The number of benzene rings is 1. The van der Waals surface area contributed by atoms with Crippen LogP contribution in [0.4, 0.5) is 0 Å². The molecule has 1 rings (SSSR count). The molecule has 0 amide bonds. The Kier molecular flexibility index (Phi) is 7.71. The van der Waals surface area contributed by atoms with E-state index >= 15 is 0 Å². The fourth-order valence-electron chi connectivity index (χ4n) is 1.41. The lowest BCUT2D eigenvalue weighted by molar-refractivity contribution is 0.619. The summed E-state index contributed by atoms with van der Waals surface area (Å²) in [7, 11) is 0. The largest absolute Gasteiger partial charge is 0.313 e. The van der Waals surface area contributed by atoms with E-state index in [9.17, 15) is 0 Å². The smallest absolute Gasteiger partial charge is 0.0462 e. The van der Waals surface area contributed by atoms with Crippen molar-refractivity contribution in [2.24, 2.45) is 0 Å². The van der Waals surface area contributed by atoms with E-state index in [1.54, 1.807) is 0 Å². The Morgan fingerprint density at radius 1 is 1.19 bits per heavy atom. The second-order valence-electron chi connectivity index (χ2n) is 3.66. The van der Waals surface area contributed by atoms with Gasteiger partial charge in [-0.25, -0.2) is 0 Å². The molecule has 90 valence electrons. The summed E-state index contributed by atoms with van der Waals surface area (Å²) in [6.07, 6.45) is 3.74. The van der Waals surface area contributed by atoms with Crippen molar-refractivity contribution in [2.45, 2.75) is 25.8 Å². The Balaban J connectivity index is 2.21. The van der Waals surface area contributed by atoms with Crippen molar-refractivity contribution in [3.8, 4) is 0 Å². The zero-order chi connectivity index (χ0) is 11.8. The summed E-state index contributed by atoms with van der Waals surface area (Å²) in [5, 5.41) is 5.33. The van der Waals surface area contributed by atoms with E-state index in [0.29, 0.717) is 0 Å². The predicted octanol–water partition coefficient (Wildman–Crippen LogP) is 4.76. The van der Waals surface area contributed by atoms with Gasteiger partial charge in [0.1, 0.15) is 0 Å². The summed E-state index contributed by atoms with van der Waals surface area (Å²) in [5.74, 6) is 0. The molecule has 0 radical (unpaired) electrons. The highest BCUT2D eigenvalue weighted by Gasteiger charge is 2.00. The summed E-state index contributed by atoms with van der Waals surface area (Å²) in [5.41, 5.74) is 1.16. The van der Waals surface area contributed by atoms with Crippen molar-refractivity contribution in [2.75, 3.05) is 11.9 Å². The highest BCUT2D eigenvalue weighted by Crippen LogP contribution is 2.21. The van der Waals surface area contributed by atoms with Gasteiger partial charge in [0.25, 0.3) is 0 Å². The molecule has 0 heterocycles. The van der Waals surface area contributed by atoms with Gasteiger partial charge in [0.15, 0.2) is 0 Å². The Bertz CT molecular complexity index is 318. The monoisotopic (exact) mass is 367 g/mol. The molecule has 0 atom stereocenters. The second kappa shape index (κ2) is 8.51. The number of hydrogen-bond acceptors (Lipinski definition) is 1. The average Bonchev–Trinajstić information content (AvgIpc) is 2.26. The first kappa shape index (κ1) is 14.5. The molecule has 0 spiro atoms. The van der Waals surface area contributed by atoms with Gasteiger partial charge in [-0.05, 0) is 37.1 Å². The normalized spacial score (nSPS) is 10.7. The Morgan fingerprint density at radius 3 is 2.69 bits per heavy atom. The first-order valence-electron chi connectivity index (χ1n) is 5.44. The Hall–Kier alpha value is 0.430. The lowest BCUT2D eigenvalue weighted by Crippen LogP contribution is -2.14. The maximum Gasteiger partial charge on any atom is 0.0462 e. The molecule has 1 N–H and O–H groups in total. The number of halogens is 3. The molecule has 0 aliphatic heterocycles. The van der Waals surface area contributed by atoms with Crippen LogP contribution in [0.5, 0.6) is 0 Å². The van der Waals surface area contributed by atoms with Crippen LogP contribution in [0.3, 0.4) is 0 Å². The SMILES string of the molecule is Clc1cc(Br)ccc1CNCCCCCBr. The van der Waals surface area contributed by atoms with E-state index < -0.39 is 0 Å². The van der Waals surface area contributed by atoms with Crippen LogP contribution in [0.2, 0.25) is 5.02 Å². The van der Waals surface area contributed by atoms with Crippen LogP contribution >= 0.6 is 43.5 Å². The van der Waals surface area contributed by atoms with E-state index in [0.717, 1.165) is 33.5 Å². The maximum atomic E-state index is 6.12. The highest BCUT2D eigenvalue weighted by atomic mass is 79.9. The fourth-order valence-corrected chi connectivity index (χ4v) is 2.55. The van der Waals surface area contributed by atoms with Crippen molar-refractivity contribution in [3.05, 3.63) is 33.3 Å². The molecule has 0 bridgehead atoms. The molecule has 1 nitrogen and oxygen atoms in total. The quantitative estimate of drug-likeness (QED) is 0.540. The lowest BCUT2D eigenvalue weighted by atomic mass is 10.2. The van der Waals surface area contributed by atoms with Gasteiger partial charge in [-0.2, -0.15) is 0 Å². The summed E-state index contributed by atoms with van der Waals surface area (Å²) in [6.45, 7) is 1.90. The van der Waals surface area contributed by atoms with Gasteiger partial charge >= 0.3 is 0 Å². The van der Waals surface area contributed by atoms with Crippen molar-refractivity contribution in [1.29, 1.82) is 0 Å². The highest BCUT2D eigenvalue weighted by molar-refractivity contribution is 9.10. The fraction of sp³-hybridized carbons (Fsp3) is 0.500. The molecule has 16 heavy (non-hydrogen) atoms. The molecule has 4 heteroatoms. The van der Waals surface area contributed by atoms with Crippen molar-refractivity contribution >= 4 is 43.5 Å². The molecule has 1 aromatic carbocycles. The molecule has 0 saturated heterocycles. The molecule has 0 unspecified atom stereocenters. The summed E-state index contributed by atoms with van der Waals surface area (Å²) in [6, 6.07) is 6.01. The topological polar surface area (TPSA) is 12.0 Å². The van der Waals surface area contributed by atoms with Crippen LogP contribution in [0.15, 0.2) is 22.7 Å². The van der Waals surface area contributed by atoms with Crippen molar-refractivity contribution < 1.29 is 0 Å². The van der Waals surface area contributed by atoms with Crippen molar-refractivity contribution in [3.63, 3.8) is 0 Å². The molecule has 0 saturated carbocycles. The molecule has 0 aliphatic carbocycles. The zero-order valence-corrected chi connectivity index (χ0v) is 13.0. The molecule has 0 aromatic heterocycles. The number of unbranched alkanes of at least 4 members (excludes halogenated alkanes) is 2. The summed E-state index contributed by atoms with van der Waals surface area (Å²) >= 11 is 12.9. The standard InChI is InChI=1S/C12H16Br2ClN/c13-6-2-1-3-7-16-9-10-4-5-11(14)8-12(10)15/h4-5,8,16H,1-3,6-7,9H2. The molecular weight excluding hydrogens is 353 g/mol. The van der Waals surface area contributed by atoms with Gasteiger partial charge in [-0.3, -0.25) is 0 Å². The van der Waals surface area contributed by atoms with Crippen LogP contribution in [0, 0.1) is 0 Å². The molecule has 0 aliphatic rings. The Labute approximate surface area is 119 Å². The minimum Gasteiger partial charge on any atom is -0.313 e. The predicted molar refractivity (Wildman–Crippen MR) is 78.5 cm³/mol. The number of nitrogens with one attached hydrogen (secondary N) is 1. The van der Waals surface area contributed by atoms with E-state index in [1.807, 2.05) is 12.1 Å². The number of hydrogen-bond donors (Lipinski definition) is 1. The van der Waals surface area contributed by atoms with E-state index in [-0.39, 0.29) is 0 Å². The van der Waals surface area contributed by atoms with Gasteiger partial charge in [-0.15, -0.1) is 0 Å². The van der Waals surface area contributed by atoms with Crippen LogP contribution in [0.1, 0.15) is 24.8 Å². The number of alkyl halides is 1. The van der Waals surface area contributed by atoms with Gasteiger partial charge in [0.05, 0.1) is 0 Å². The van der Waals surface area contributed by atoms with Crippen LogP contribution in [0.25, 0.3) is 0 Å². The Morgan fingerprint density at radius 2 is 2.00 bits per heavy atom. The third-order valence-electron chi connectivity index (χ3n) is 2.32. The van der Waals surface area contributed by atoms with Crippen LogP contribution in [-0.4, -0.2) is 11.9 Å². The van der Waals surface area contributed by atoms with Crippen LogP contribution < -0.4 is 5.32 Å². The van der Waals surface area contributed by atoms with E-state index in [2.05, 4.69) is 43.2 Å². The minimum atomic E-state index is 0.822. The van der Waals surface area contributed by atoms with Crippen LogP contribution in [-0.2, 0) is 6.54 Å². The lowest BCUT2D eigenvalue weighted by Gasteiger charge is -2.06. The molecule has 1 aromatic rings.